The fraction of sp³-hybridized carbons (Fsp3) is 0.733. The highest BCUT2D eigenvalue weighted by molar-refractivity contribution is 6.96. The minimum absolute atomic E-state index is 0.659. The number of hydrogen-bond donors (Lipinski definition) is 0. The first-order valence-corrected chi connectivity index (χ1v) is 14.7. The predicted molar refractivity (Wildman–Crippen MR) is 88.1 cm³/mol. The van der Waals surface area contributed by atoms with Crippen LogP contribution in [-0.2, 0) is 12.8 Å². The van der Waals surface area contributed by atoms with E-state index in [1.54, 1.807) is 0 Å². The molecule has 0 amide bonds. The fourth-order valence-corrected chi connectivity index (χ4v) is 15.9. The molecule has 1 aromatic heterocycles. The summed E-state index contributed by atoms with van der Waals surface area (Å²) >= 11 is 0. The average molecular weight is 293 g/mol. The minimum Gasteiger partial charge on any atom is -0.241 e. The maximum absolute atomic E-state index is 5.00. The summed E-state index contributed by atoms with van der Waals surface area (Å²) in [6.45, 7) is 14.8. The zero-order valence-corrected chi connectivity index (χ0v) is 15.4. The van der Waals surface area contributed by atoms with Crippen LogP contribution in [0.2, 0.25) is 39.3 Å². The summed E-state index contributed by atoms with van der Waals surface area (Å²) in [5.74, 6) is 1.17. The Balaban J connectivity index is 2.43. The van der Waals surface area contributed by atoms with Crippen molar-refractivity contribution in [2.45, 2.75) is 70.1 Å². The number of nitrogens with zero attached hydrogens (tertiary/aromatic N) is 2. The molecule has 1 aliphatic rings. The Morgan fingerprint density at radius 3 is 2.11 bits per heavy atom. The summed E-state index contributed by atoms with van der Waals surface area (Å²) < 4.78 is 0. The molecule has 0 fully saturated rings. The van der Waals surface area contributed by atoms with Gasteiger partial charge in [-0.2, -0.15) is 0 Å². The number of hydrogen-bond acceptors (Lipinski definition) is 2. The van der Waals surface area contributed by atoms with Crippen molar-refractivity contribution in [1.29, 1.82) is 0 Å². The highest BCUT2D eigenvalue weighted by Crippen LogP contribution is 2.34. The van der Waals surface area contributed by atoms with Gasteiger partial charge in [0, 0.05) is 17.1 Å². The summed E-state index contributed by atoms with van der Waals surface area (Å²) in [5, 5.41) is 0.659. The molecule has 1 aromatic rings. The van der Waals surface area contributed by atoms with Gasteiger partial charge in [-0.15, -0.1) is 0 Å². The molecule has 0 bridgehead atoms. The lowest BCUT2D eigenvalue weighted by atomic mass is 9.98. The van der Waals surface area contributed by atoms with Gasteiger partial charge in [0.25, 0.3) is 0 Å². The number of rotatable bonds is 3. The lowest BCUT2D eigenvalue weighted by Crippen LogP contribution is -2.47. The molecule has 0 atom stereocenters. The van der Waals surface area contributed by atoms with Crippen molar-refractivity contribution in [3.05, 3.63) is 23.3 Å². The molecule has 2 nitrogen and oxygen atoms in total. The van der Waals surface area contributed by atoms with E-state index >= 15 is 0 Å². The van der Waals surface area contributed by atoms with Crippen molar-refractivity contribution in [2.24, 2.45) is 0 Å². The van der Waals surface area contributed by atoms with Crippen molar-refractivity contribution >= 4 is 16.1 Å². The maximum Gasteiger partial charge on any atom is 0.126 e. The normalized spacial score (nSPS) is 16.6. The first-order valence-electron chi connectivity index (χ1n) is 7.54. The van der Waals surface area contributed by atoms with Crippen molar-refractivity contribution in [3.63, 3.8) is 0 Å². The van der Waals surface area contributed by atoms with Crippen LogP contribution in [0.15, 0.2) is 6.20 Å². The molecule has 19 heavy (non-hydrogen) atoms. The molecular weight excluding hydrogens is 264 g/mol. The standard InChI is InChI=1S/C15H28N2Si2/c1-18(2,3)15(19(4,5)6)14-16-11-12-9-7-8-10-13(12)17-14/h11,15H,7-10H2,1-6H3. The van der Waals surface area contributed by atoms with Gasteiger partial charge < -0.3 is 0 Å². The molecule has 0 saturated carbocycles. The molecule has 106 valence electrons. The van der Waals surface area contributed by atoms with E-state index in [2.05, 4.69) is 45.5 Å². The maximum atomic E-state index is 5.00. The second-order valence-electron chi connectivity index (χ2n) is 8.07. The van der Waals surface area contributed by atoms with Crippen LogP contribution in [0.1, 0.15) is 35.1 Å². The highest BCUT2D eigenvalue weighted by Gasteiger charge is 2.40. The third-order valence-corrected chi connectivity index (χ3v) is 13.2. The number of fused-ring (bicyclic) bond motifs is 1. The van der Waals surface area contributed by atoms with Gasteiger partial charge in [0.05, 0.1) is 16.1 Å². The first-order chi connectivity index (χ1) is 8.69. The SMILES string of the molecule is C[Si](C)(C)C(c1ncc2c(n1)CCCC2)[Si](C)(C)C. The van der Waals surface area contributed by atoms with E-state index in [-0.39, 0.29) is 0 Å². The summed E-state index contributed by atoms with van der Waals surface area (Å²) in [6.07, 6.45) is 7.08. The second kappa shape index (κ2) is 5.13. The van der Waals surface area contributed by atoms with Crippen molar-refractivity contribution in [1.82, 2.24) is 9.97 Å². The summed E-state index contributed by atoms with van der Waals surface area (Å²) in [7, 11) is -2.54. The third-order valence-electron chi connectivity index (χ3n) is 4.07. The van der Waals surface area contributed by atoms with Gasteiger partial charge in [0.1, 0.15) is 5.82 Å². The van der Waals surface area contributed by atoms with Gasteiger partial charge in [-0.05, 0) is 31.2 Å². The third kappa shape index (κ3) is 3.34. The van der Waals surface area contributed by atoms with E-state index in [1.807, 2.05) is 0 Å². The van der Waals surface area contributed by atoms with Crippen LogP contribution in [0.4, 0.5) is 0 Å². The Hall–Kier alpha value is -0.486. The number of aryl methyl sites for hydroxylation is 2. The monoisotopic (exact) mass is 292 g/mol. The Morgan fingerprint density at radius 1 is 0.947 bits per heavy atom. The van der Waals surface area contributed by atoms with Crippen molar-refractivity contribution < 1.29 is 0 Å². The van der Waals surface area contributed by atoms with Crippen molar-refractivity contribution in [3.8, 4) is 0 Å². The van der Waals surface area contributed by atoms with Crippen LogP contribution < -0.4 is 0 Å². The van der Waals surface area contributed by atoms with E-state index in [0.29, 0.717) is 5.16 Å². The zero-order chi connectivity index (χ0) is 14.3. The van der Waals surface area contributed by atoms with Gasteiger partial charge in [0.15, 0.2) is 0 Å². The van der Waals surface area contributed by atoms with Gasteiger partial charge in [0.2, 0.25) is 0 Å². The van der Waals surface area contributed by atoms with Crippen LogP contribution in [0.5, 0.6) is 0 Å². The summed E-state index contributed by atoms with van der Waals surface area (Å²) in [4.78, 5) is 9.79. The van der Waals surface area contributed by atoms with E-state index < -0.39 is 16.1 Å². The second-order valence-corrected chi connectivity index (χ2v) is 19.3. The molecule has 0 N–H and O–H groups in total. The van der Waals surface area contributed by atoms with Crippen LogP contribution in [0.25, 0.3) is 0 Å². The molecule has 0 aliphatic heterocycles. The Kier molecular flexibility index (Phi) is 4.03. The lowest BCUT2D eigenvalue weighted by Gasteiger charge is -2.37. The largest absolute Gasteiger partial charge is 0.241 e. The number of aromatic nitrogens is 2. The topological polar surface area (TPSA) is 25.8 Å². The molecule has 1 heterocycles. The molecule has 0 aromatic carbocycles. The van der Waals surface area contributed by atoms with E-state index in [4.69, 9.17) is 9.97 Å². The molecule has 0 spiro atoms. The van der Waals surface area contributed by atoms with E-state index in [0.717, 1.165) is 6.42 Å². The molecule has 0 radical (unpaired) electrons. The first kappa shape index (κ1) is 14.9. The van der Waals surface area contributed by atoms with Crippen molar-refractivity contribution in [2.75, 3.05) is 0 Å². The zero-order valence-electron chi connectivity index (χ0n) is 13.4. The Morgan fingerprint density at radius 2 is 1.53 bits per heavy atom. The Labute approximate surface area is 120 Å². The average Bonchev–Trinajstić information content (AvgIpc) is 2.25. The van der Waals surface area contributed by atoms with Gasteiger partial charge in [-0.1, -0.05) is 39.3 Å². The minimum atomic E-state index is -1.27. The highest BCUT2D eigenvalue weighted by atomic mass is 28.4. The molecule has 0 unspecified atom stereocenters. The van der Waals surface area contributed by atoms with Crippen LogP contribution >= 0.6 is 0 Å². The molecule has 4 heteroatoms. The van der Waals surface area contributed by atoms with Crippen LogP contribution in [0.3, 0.4) is 0 Å². The van der Waals surface area contributed by atoms with Gasteiger partial charge in [-0.25, -0.2) is 9.97 Å². The van der Waals surface area contributed by atoms with Crippen LogP contribution in [-0.4, -0.2) is 26.1 Å². The molecule has 2 rings (SSSR count). The predicted octanol–water partition coefficient (Wildman–Crippen LogP) is 4.19. The Bertz CT molecular complexity index is 444. The fourth-order valence-electron chi connectivity index (χ4n) is 3.70. The smallest absolute Gasteiger partial charge is 0.126 e. The molecular formula is C15H28N2Si2. The van der Waals surface area contributed by atoms with E-state index in [9.17, 15) is 0 Å². The van der Waals surface area contributed by atoms with E-state index in [1.165, 1.54) is 36.3 Å². The van der Waals surface area contributed by atoms with Gasteiger partial charge >= 0.3 is 0 Å². The molecule has 0 saturated heterocycles. The molecule has 1 aliphatic carbocycles. The lowest BCUT2D eigenvalue weighted by molar-refractivity contribution is 0.655. The summed E-state index contributed by atoms with van der Waals surface area (Å²) in [6, 6.07) is 0. The summed E-state index contributed by atoms with van der Waals surface area (Å²) in [5.41, 5.74) is 2.75. The van der Waals surface area contributed by atoms with Gasteiger partial charge in [-0.3, -0.25) is 0 Å². The quantitative estimate of drug-likeness (QED) is 0.781. The van der Waals surface area contributed by atoms with Crippen LogP contribution in [0, 0.1) is 0 Å².